The Labute approximate surface area is 127 Å². The average molecular weight is 321 g/mol. The second-order valence-corrected chi connectivity index (χ2v) is 7.58. The van der Waals surface area contributed by atoms with Gasteiger partial charge < -0.3 is 14.6 Å². The standard InChI is InChI=1S/C13H20O3S3/c1-15-11-8-6-10(7-9-11)12(14,16-2)13(17-3,18-4)19-5/h6-9,14H,1-5H3. The fourth-order valence-corrected chi connectivity index (χ4v) is 5.34. The summed E-state index contributed by atoms with van der Waals surface area (Å²) in [5.74, 6) is -0.623. The minimum atomic E-state index is -1.38. The molecule has 0 amide bonds. The van der Waals surface area contributed by atoms with Gasteiger partial charge in [-0.1, -0.05) is 0 Å². The van der Waals surface area contributed by atoms with Gasteiger partial charge in [-0.2, -0.15) is 0 Å². The minimum Gasteiger partial charge on any atom is -0.497 e. The van der Waals surface area contributed by atoms with Gasteiger partial charge in [0.25, 0.3) is 0 Å². The average Bonchev–Trinajstić information content (AvgIpc) is 2.49. The van der Waals surface area contributed by atoms with Gasteiger partial charge in [-0.15, -0.1) is 35.3 Å². The Morgan fingerprint density at radius 3 is 1.74 bits per heavy atom. The monoisotopic (exact) mass is 320 g/mol. The highest BCUT2D eigenvalue weighted by Crippen LogP contribution is 2.55. The summed E-state index contributed by atoms with van der Waals surface area (Å²) in [4.78, 5) is 0. The fraction of sp³-hybridized carbons (Fsp3) is 0.538. The van der Waals surface area contributed by atoms with Gasteiger partial charge >= 0.3 is 0 Å². The van der Waals surface area contributed by atoms with Gasteiger partial charge in [0.1, 0.15) is 5.75 Å². The zero-order valence-electron chi connectivity index (χ0n) is 11.8. The van der Waals surface area contributed by atoms with Crippen molar-refractivity contribution in [2.24, 2.45) is 0 Å². The first-order chi connectivity index (χ1) is 9.03. The van der Waals surface area contributed by atoms with E-state index in [1.165, 1.54) is 7.11 Å². The summed E-state index contributed by atoms with van der Waals surface area (Å²) in [7, 11) is 3.15. The molecule has 0 spiro atoms. The minimum absolute atomic E-state index is 0.531. The lowest BCUT2D eigenvalue weighted by Crippen LogP contribution is -2.46. The van der Waals surface area contributed by atoms with E-state index in [4.69, 9.17) is 9.47 Å². The Hall–Kier alpha value is -0.0100. The lowest BCUT2D eigenvalue weighted by atomic mass is 10.1. The van der Waals surface area contributed by atoms with Crippen molar-refractivity contribution < 1.29 is 14.6 Å². The van der Waals surface area contributed by atoms with E-state index in [2.05, 4.69) is 0 Å². The molecule has 0 fully saturated rings. The summed E-state index contributed by atoms with van der Waals surface area (Å²) in [6.45, 7) is 0. The number of thioether (sulfide) groups is 3. The van der Waals surface area contributed by atoms with E-state index >= 15 is 0 Å². The van der Waals surface area contributed by atoms with Crippen LogP contribution in [0.15, 0.2) is 24.3 Å². The topological polar surface area (TPSA) is 38.7 Å². The van der Waals surface area contributed by atoms with Gasteiger partial charge in [0.15, 0.2) is 3.41 Å². The SMILES string of the molecule is COc1ccc(C(O)(OC)C(SC)(SC)SC)cc1. The quantitative estimate of drug-likeness (QED) is 0.778. The maximum absolute atomic E-state index is 11.0. The first kappa shape index (κ1) is 17.0. The molecule has 0 aliphatic carbocycles. The van der Waals surface area contributed by atoms with Crippen LogP contribution >= 0.6 is 35.3 Å². The van der Waals surface area contributed by atoms with Crippen LogP contribution in [-0.2, 0) is 10.5 Å². The third kappa shape index (κ3) is 3.03. The van der Waals surface area contributed by atoms with Crippen LogP contribution in [0.25, 0.3) is 0 Å². The third-order valence-corrected chi connectivity index (χ3v) is 8.44. The van der Waals surface area contributed by atoms with E-state index < -0.39 is 9.20 Å². The van der Waals surface area contributed by atoms with E-state index in [0.717, 1.165) is 5.75 Å². The molecule has 3 nitrogen and oxygen atoms in total. The molecule has 1 atom stereocenters. The molecule has 6 heteroatoms. The van der Waals surface area contributed by atoms with E-state index in [0.29, 0.717) is 5.56 Å². The normalized spacial score (nSPS) is 15.1. The van der Waals surface area contributed by atoms with Crippen LogP contribution in [0.4, 0.5) is 0 Å². The Morgan fingerprint density at radius 1 is 0.947 bits per heavy atom. The number of benzene rings is 1. The van der Waals surface area contributed by atoms with E-state index in [1.807, 2.05) is 43.0 Å². The zero-order valence-corrected chi connectivity index (χ0v) is 14.2. The van der Waals surface area contributed by atoms with Crippen LogP contribution in [0.3, 0.4) is 0 Å². The third-order valence-electron chi connectivity index (χ3n) is 3.00. The summed E-state index contributed by atoms with van der Waals surface area (Å²) in [5.41, 5.74) is 0.717. The molecule has 108 valence electrons. The van der Waals surface area contributed by atoms with Crippen molar-refractivity contribution in [1.29, 1.82) is 0 Å². The highest BCUT2D eigenvalue weighted by atomic mass is 32.3. The van der Waals surface area contributed by atoms with Gasteiger partial charge in [-0.05, 0) is 43.0 Å². The van der Waals surface area contributed by atoms with Crippen LogP contribution in [0.5, 0.6) is 5.75 Å². The fourth-order valence-electron chi connectivity index (χ4n) is 1.90. The molecule has 0 aromatic heterocycles. The Morgan fingerprint density at radius 2 is 1.42 bits per heavy atom. The van der Waals surface area contributed by atoms with Gasteiger partial charge in [0, 0.05) is 12.7 Å². The smallest absolute Gasteiger partial charge is 0.226 e. The number of hydrogen-bond donors (Lipinski definition) is 1. The number of methoxy groups -OCH3 is 2. The molecule has 19 heavy (non-hydrogen) atoms. The van der Waals surface area contributed by atoms with Gasteiger partial charge in [0.05, 0.1) is 7.11 Å². The van der Waals surface area contributed by atoms with Crippen LogP contribution in [0.1, 0.15) is 5.56 Å². The molecule has 0 saturated heterocycles. The summed E-state index contributed by atoms with van der Waals surface area (Å²) in [5, 5.41) is 11.0. The molecule has 0 radical (unpaired) electrons. The van der Waals surface area contributed by atoms with Crippen molar-refractivity contribution in [3.63, 3.8) is 0 Å². The zero-order chi connectivity index (χ0) is 14.5. The molecule has 1 aromatic rings. The molecule has 0 heterocycles. The van der Waals surface area contributed by atoms with Crippen molar-refractivity contribution in [3.8, 4) is 5.75 Å². The molecule has 0 aliphatic rings. The second kappa shape index (κ2) is 7.13. The molecule has 1 unspecified atom stereocenters. The number of hydrogen-bond acceptors (Lipinski definition) is 6. The lowest BCUT2D eigenvalue weighted by Gasteiger charge is -2.42. The molecule has 1 rings (SSSR count). The predicted molar refractivity (Wildman–Crippen MR) is 87.2 cm³/mol. The number of ether oxygens (including phenoxy) is 2. The predicted octanol–water partition coefficient (Wildman–Crippen LogP) is 3.23. The van der Waals surface area contributed by atoms with Crippen molar-refractivity contribution in [2.75, 3.05) is 33.0 Å². The second-order valence-electron chi connectivity index (χ2n) is 3.75. The maximum Gasteiger partial charge on any atom is 0.226 e. The number of rotatable bonds is 7. The summed E-state index contributed by atoms with van der Waals surface area (Å²) < 4.78 is 10.1. The molecule has 1 N–H and O–H groups in total. The first-order valence-corrected chi connectivity index (χ1v) is 9.28. The van der Waals surface area contributed by atoms with Gasteiger partial charge in [-0.3, -0.25) is 0 Å². The Kier molecular flexibility index (Phi) is 6.39. The largest absolute Gasteiger partial charge is 0.497 e. The summed E-state index contributed by atoms with van der Waals surface area (Å²) in [6, 6.07) is 7.32. The van der Waals surface area contributed by atoms with Gasteiger partial charge in [0.2, 0.25) is 5.79 Å². The van der Waals surface area contributed by atoms with Crippen LogP contribution in [0, 0.1) is 0 Å². The van der Waals surface area contributed by atoms with E-state index in [9.17, 15) is 5.11 Å². The highest BCUT2D eigenvalue weighted by molar-refractivity contribution is 8.33. The lowest BCUT2D eigenvalue weighted by molar-refractivity contribution is -0.186. The van der Waals surface area contributed by atoms with Crippen LogP contribution in [-0.4, -0.2) is 41.5 Å². The molecule has 0 saturated carbocycles. The summed E-state index contributed by atoms with van der Waals surface area (Å²) in [6.07, 6.45) is 5.92. The van der Waals surface area contributed by atoms with Crippen molar-refractivity contribution in [3.05, 3.63) is 29.8 Å². The van der Waals surface area contributed by atoms with E-state index in [-0.39, 0.29) is 0 Å². The van der Waals surface area contributed by atoms with Crippen LogP contribution < -0.4 is 4.74 Å². The highest BCUT2D eigenvalue weighted by Gasteiger charge is 2.51. The van der Waals surface area contributed by atoms with E-state index in [1.54, 1.807) is 42.4 Å². The molecular weight excluding hydrogens is 300 g/mol. The maximum atomic E-state index is 11.0. The molecule has 0 bridgehead atoms. The first-order valence-electron chi connectivity index (χ1n) is 5.61. The molecular formula is C13H20O3S3. The summed E-state index contributed by atoms with van der Waals surface area (Å²) >= 11 is 4.72. The van der Waals surface area contributed by atoms with Crippen molar-refractivity contribution in [2.45, 2.75) is 9.20 Å². The van der Waals surface area contributed by atoms with Crippen molar-refractivity contribution >= 4 is 35.3 Å². The molecule has 0 aliphatic heterocycles. The Bertz CT molecular complexity index is 384. The van der Waals surface area contributed by atoms with Crippen LogP contribution in [0.2, 0.25) is 0 Å². The molecule has 1 aromatic carbocycles. The van der Waals surface area contributed by atoms with Gasteiger partial charge in [-0.25, -0.2) is 0 Å². The number of aliphatic hydroxyl groups is 1. The van der Waals surface area contributed by atoms with Crippen molar-refractivity contribution in [1.82, 2.24) is 0 Å². The Balaban J connectivity index is 3.27.